The highest BCUT2D eigenvalue weighted by atomic mass is 19.1. The molecule has 1 aliphatic heterocycles. The van der Waals surface area contributed by atoms with Crippen molar-refractivity contribution < 1.29 is 13.9 Å². The number of nitrogens with zero attached hydrogens (tertiary/aromatic N) is 2. The van der Waals surface area contributed by atoms with Crippen molar-refractivity contribution >= 4 is 17.3 Å². The number of carbonyl (C=O) groups excluding carboxylic acids is 1. The number of benzene rings is 3. The molecule has 3 aromatic rings. The van der Waals surface area contributed by atoms with Crippen LogP contribution in [0, 0.1) is 5.82 Å². The van der Waals surface area contributed by atoms with Crippen LogP contribution in [0.3, 0.4) is 0 Å². The summed E-state index contributed by atoms with van der Waals surface area (Å²) in [6.07, 6.45) is 0. The molecule has 0 aliphatic carbocycles. The lowest BCUT2D eigenvalue weighted by molar-refractivity contribution is 0.0951. The van der Waals surface area contributed by atoms with E-state index in [0.29, 0.717) is 24.4 Å². The molecule has 0 spiro atoms. The molecule has 158 valence electrons. The summed E-state index contributed by atoms with van der Waals surface area (Å²) in [4.78, 5) is 19.6. The molecular formula is C25H24FN3O2. The molecule has 1 amide bonds. The largest absolute Gasteiger partial charge is 0.497 e. The van der Waals surface area contributed by atoms with E-state index in [-0.39, 0.29) is 17.8 Å². The molecule has 0 bridgehead atoms. The lowest BCUT2D eigenvalue weighted by atomic mass is 10.0. The maximum atomic E-state index is 13.4. The second kappa shape index (κ2) is 9.00. The van der Waals surface area contributed by atoms with Gasteiger partial charge in [-0.1, -0.05) is 18.2 Å². The number of benzodiazepines with no additional fused rings is 1. The van der Waals surface area contributed by atoms with Crippen molar-refractivity contribution in [3.8, 4) is 5.75 Å². The quantitative estimate of drug-likeness (QED) is 0.685. The first-order valence-electron chi connectivity index (χ1n) is 10.1. The molecule has 1 heterocycles. The number of halogens is 1. The van der Waals surface area contributed by atoms with E-state index in [4.69, 9.17) is 9.73 Å². The SMILES string of the molecule is COc1ccc(C(=O)NCC2CN=C(c3ccc(F)cc3)c3ccccc3N2C)cc1. The molecule has 0 saturated carbocycles. The van der Waals surface area contributed by atoms with Crippen LogP contribution in [0.5, 0.6) is 5.75 Å². The lowest BCUT2D eigenvalue weighted by Crippen LogP contribution is -2.43. The van der Waals surface area contributed by atoms with Crippen LogP contribution in [-0.2, 0) is 0 Å². The molecular weight excluding hydrogens is 393 g/mol. The number of carbonyl (C=O) groups is 1. The van der Waals surface area contributed by atoms with Crippen molar-refractivity contribution in [3.63, 3.8) is 0 Å². The summed E-state index contributed by atoms with van der Waals surface area (Å²) in [7, 11) is 3.60. The lowest BCUT2D eigenvalue weighted by Gasteiger charge is -2.28. The number of nitrogens with one attached hydrogen (secondary N) is 1. The number of anilines is 1. The highest BCUT2D eigenvalue weighted by Crippen LogP contribution is 2.27. The summed E-state index contributed by atoms with van der Waals surface area (Å²) in [5, 5.41) is 3.02. The highest BCUT2D eigenvalue weighted by Gasteiger charge is 2.24. The third-order valence-corrected chi connectivity index (χ3v) is 5.52. The Balaban J connectivity index is 1.56. The van der Waals surface area contributed by atoms with E-state index < -0.39 is 0 Å². The molecule has 1 aliphatic rings. The summed E-state index contributed by atoms with van der Waals surface area (Å²) in [6, 6.07) is 21.4. The van der Waals surface area contributed by atoms with Crippen molar-refractivity contribution in [2.75, 3.05) is 32.1 Å². The van der Waals surface area contributed by atoms with Crippen LogP contribution in [0.2, 0.25) is 0 Å². The normalized spacial score (nSPS) is 15.5. The molecule has 31 heavy (non-hydrogen) atoms. The van der Waals surface area contributed by atoms with Gasteiger partial charge in [0.25, 0.3) is 5.91 Å². The zero-order valence-corrected chi connectivity index (χ0v) is 17.5. The number of para-hydroxylation sites is 1. The van der Waals surface area contributed by atoms with E-state index in [0.717, 1.165) is 22.5 Å². The average molecular weight is 417 g/mol. The van der Waals surface area contributed by atoms with Crippen LogP contribution in [0.1, 0.15) is 21.5 Å². The number of hydrogen-bond acceptors (Lipinski definition) is 4. The molecule has 0 fully saturated rings. The second-order valence-electron chi connectivity index (χ2n) is 7.42. The fourth-order valence-electron chi connectivity index (χ4n) is 3.69. The van der Waals surface area contributed by atoms with Gasteiger partial charge >= 0.3 is 0 Å². The number of hydrogen-bond donors (Lipinski definition) is 1. The van der Waals surface area contributed by atoms with Gasteiger partial charge in [-0.3, -0.25) is 9.79 Å². The maximum absolute atomic E-state index is 13.4. The van der Waals surface area contributed by atoms with Crippen LogP contribution >= 0.6 is 0 Å². The van der Waals surface area contributed by atoms with Gasteiger partial charge in [-0.2, -0.15) is 0 Å². The Morgan fingerprint density at radius 3 is 2.52 bits per heavy atom. The van der Waals surface area contributed by atoms with E-state index in [1.807, 2.05) is 31.3 Å². The zero-order chi connectivity index (χ0) is 21.8. The molecule has 4 rings (SSSR count). The van der Waals surface area contributed by atoms with E-state index in [1.54, 1.807) is 43.5 Å². The summed E-state index contributed by atoms with van der Waals surface area (Å²) < 4.78 is 18.6. The highest BCUT2D eigenvalue weighted by molar-refractivity contribution is 6.16. The molecule has 1 atom stereocenters. The van der Waals surface area contributed by atoms with Gasteiger partial charge in [-0.05, 0) is 54.6 Å². The van der Waals surface area contributed by atoms with Gasteiger partial charge in [0.2, 0.25) is 0 Å². The van der Waals surface area contributed by atoms with Crippen LogP contribution in [0.4, 0.5) is 10.1 Å². The Labute approximate surface area is 181 Å². The predicted octanol–water partition coefficient (Wildman–Crippen LogP) is 3.92. The Morgan fingerprint density at radius 2 is 1.81 bits per heavy atom. The molecule has 0 radical (unpaired) electrons. The molecule has 3 aromatic carbocycles. The van der Waals surface area contributed by atoms with Gasteiger partial charge in [0.1, 0.15) is 11.6 Å². The summed E-state index contributed by atoms with van der Waals surface area (Å²) in [5.41, 5.74) is 4.27. The fourth-order valence-corrected chi connectivity index (χ4v) is 3.69. The number of aliphatic imine (C=N–C) groups is 1. The molecule has 6 heteroatoms. The first-order chi connectivity index (χ1) is 15.1. The molecule has 5 nitrogen and oxygen atoms in total. The van der Waals surface area contributed by atoms with Crippen molar-refractivity contribution in [3.05, 3.63) is 95.3 Å². The Hall–Kier alpha value is -3.67. The molecule has 1 N–H and O–H groups in total. The van der Waals surface area contributed by atoms with Gasteiger partial charge in [0.05, 0.1) is 25.4 Å². The standard InChI is InChI=1S/C25H24FN3O2/c1-29-20(16-28-25(30)18-9-13-21(31-2)14-10-18)15-27-24(17-7-11-19(26)12-8-17)22-5-3-4-6-23(22)29/h3-14,20H,15-16H2,1-2H3,(H,28,30). The summed E-state index contributed by atoms with van der Waals surface area (Å²) >= 11 is 0. The Kier molecular flexibility index (Phi) is 5.98. The Morgan fingerprint density at radius 1 is 1.10 bits per heavy atom. The molecule has 0 aromatic heterocycles. The number of methoxy groups -OCH3 is 1. The summed E-state index contributed by atoms with van der Waals surface area (Å²) in [5.74, 6) is 0.290. The molecule has 0 saturated heterocycles. The van der Waals surface area contributed by atoms with Crippen molar-refractivity contribution in [2.24, 2.45) is 4.99 Å². The topological polar surface area (TPSA) is 53.9 Å². The van der Waals surface area contributed by atoms with Crippen LogP contribution in [0.15, 0.2) is 77.8 Å². The average Bonchev–Trinajstić information content (AvgIpc) is 2.95. The first kappa shape index (κ1) is 20.6. The zero-order valence-electron chi connectivity index (χ0n) is 17.5. The fraction of sp³-hybridized carbons (Fsp3) is 0.200. The van der Waals surface area contributed by atoms with Gasteiger partial charge < -0.3 is 15.0 Å². The Bertz CT molecular complexity index is 1090. The van der Waals surface area contributed by atoms with Gasteiger partial charge in [0, 0.05) is 36.0 Å². The number of fused-ring (bicyclic) bond motifs is 1. The second-order valence-corrected chi connectivity index (χ2v) is 7.42. The number of rotatable bonds is 5. The van der Waals surface area contributed by atoms with E-state index in [9.17, 15) is 9.18 Å². The third kappa shape index (κ3) is 4.43. The maximum Gasteiger partial charge on any atom is 0.251 e. The smallest absolute Gasteiger partial charge is 0.251 e. The van der Waals surface area contributed by atoms with E-state index in [1.165, 1.54) is 12.1 Å². The predicted molar refractivity (Wildman–Crippen MR) is 121 cm³/mol. The number of ether oxygens (including phenoxy) is 1. The first-order valence-corrected chi connectivity index (χ1v) is 10.1. The van der Waals surface area contributed by atoms with Gasteiger partial charge in [-0.25, -0.2) is 4.39 Å². The molecule has 1 unspecified atom stereocenters. The number of amides is 1. The van der Waals surface area contributed by atoms with Gasteiger partial charge in [0.15, 0.2) is 0 Å². The van der Waals surface area contributed by atoms with Crippen LogP contribution in [-0.4, -0.2) is 44.9 Å². The summed E-state index contributed by atoms with van der Waals surface area (Å²) in [6.45, 7) is 0.941. The van der Waals surface area contributed by atoms with Crippen LogP contribution in [0.25, 0.3) is 0 Å². The van der Waals surface area contributed by atoms with Crippen molar-refractivity contribution in [2.45, 2.75) is 6.04 Å². The minimum Gasteiger partial charge on any atom is -0.497 e. The monoisotopic (exact) mass is 417 g/mol. The van der Waals surface area contributed by atoms with Crippen LogP contribution < -0.4 is 15.0 Å². The van der Waals surface area contributed by atoms with E-state index in [2.05, 4.69) is 10.2 Å². The van der Waals surface area contributed by atoms with Crippen molar-refractivity contribution in [1.82, 2.24) is 5.32 Å². The number of likely N-dealkylation sites (N-methyl/N-ethyl adjacent to an activating group) is 1. The van der Waals surface area contributed by atoms with Crippen molar-refractivity contribution in [1.29, 1.82) is 0 Å². The third-order valence-electron chi connectivity index (χ3n) is 5.52. The minimum absolute atomic E-state index is 0.0266. The minimum atomic E-state index is -0.275. The van der Waals surface area contributed by atoms with Gasteiger partial charge in [-0.15, -0.1) is 0 Å². The van der Waals surface area contributed by atoms with E-state index >= 15 is 0 Å².